The van der Waals surface area contributed by atoms with E-state index in [0.29, 0.717) is 57.8 Å². The standard InChI is InChI=1S/C64H108O21.2C2H6/c1-16-34(3)41(75-12)26-37(67)28-47(70)81-42(35(4)17-2)27-38(68)29-48(71)83-52-49(72)36(5)80-56(54(52)78-15)85-58(74)64-25-24-59(6,7)30-40(64)39-18-19-44-60(8)22-21-46(82-57-53(77-14)51(76-13)50(73)55(84-57)79-33-66)61(9,32-65)43(60)20-23-62(44,10)63(39,11)31-45(64)69;2*1-2/h18,32-38,40-46,48-58,67-69,71-74H,16-17,19-31H2,1-15H3;2*1-2H3/t34?,35-,36?,37?,38+,40?,41?,42-,43+,44?,45?,46-,48-,49?,50+,51-,52?,53-,54-,55+,56-,57+,58-,60+,61-,62-,63+,64+;;/m0../s1. The van der Waals surface area contributed by atoms with E-state index in [1.54, 1.807) is 14.0 Å². The van der Waals surface area contributed by atoms with E-state index >= 15 is 0 Å². The van der Waals surface area contributed by atoms with Gasteiger partial charge in [-0.2, -0.15) is 0 Å². The molecule has 6 fully saturated rings. The Hall–Kier alpha value is -2.29. The highest BCUT2D eigenvalue weighted by Gasteiger charge is 2.72. The monoisotopic (exact) mass is 1270 g/mol. The van der Waals surface area contributed by atoms with E-state index in [1.165, 1.54) is 26.9 Å². The lowest BCUT2D eigenvalue weighted by Gasteiger charge is -2.72. The van der Waals surface area contributed by atoms with Crippen LogP contribution in [0.2, 0.25) is 0 Å². The zero-order valence-corrected chi connectivity index (χ0v) is 57.5. The Morgan fingerprint density at radius 1 is 0.697 bits per heavy atom. The molecule has 9 unspecified atom stereocenters. The smallest absolute Gasteiger partial charge is 0.308 e. The first-order valence-corrected chi connectivity index (χ1v) is 33.6. The summed E-state index contributed by atoms with van der Waals surface area (Å²) in [6, 6.07) is 0. The fraction of sp³-hybridized carbons (Fsp3) is 0.926. The fourth-order valence-electron chi connectivity index (χ4n) is 17.5. The molecule has 518 valence electrons. The second kappa shape index (κ2) is 32.4. The van der Waals surface area contributed by atoms with Crippen molar-refractivity contribution < 1.29 is 102 Å². The highest BCUT2D eigenvalue weighted by molar-refractivity contribution is 5.70. The molecule has 2 heterocycles. The Bertz CT molecular complexity index is 2240. The van der Waals surface area contributed by atoms with Crippen molar-refractivity contribution in [1.29, 1.82) is 0 Å². The van der Waals surface area contributed by atoms with Crippen molar-refractivity contribution in [3.05, 3.63) is 11.6 Å². The van der Waals surface area contributed by atoms with Crippen LogP contribution < -0.4 is 0 Å². The van der Waals surface area contributed by atoms with Gasteiger partial charge < -0.3 is 92.6 Å². The minimum atomic E-state index is -1.64. The minimum Gasteiger partial charge on any atom is -0.462 e. The quantitative estimate of drug-likeness (QED) is 0.0134. The van der Waals surface area contributed by atoms with Crippen molar-refractivity contribution >= 4 is 18.7 Å². The van der Waals surface area contributed by atoms with Crippen LogP contribution in [0.15, 0.2) is 11.6 Å². The van der Waals surface area contributed by atoms with Crippen LogP contribution in [0.4, 0.5) is 0 Å². The molecule has 2 saturated heterocycles. The first-order valence-electron chi connectivity index (χ1n) is 33.6. The number of rotatable bonds is 27. The molecule has 21 nitrogen and oxygen atoms in total. The molecule has 5 aliphatic carbocycles. The van der Waals surface area contributed by atoms with Crippen molar-refractivity contribution in [3.8, 4) is 0 Å². The van der Waals surface area contributed by atoms with E-state index in [4.69, 9.17) is 52.1 Å². The number of aliphatic hydroxyl groups is 7. The van der Waals surface area contributed by atoms with E-state index in [1.807, 2.05) is 62.3 Å². The summed E-state index contributed by atoms with van der Waals surface area (Å²) >= 11 is 0. The zero-order valence-electron chi connectivity index (χ0n) is 57.5. The maximum atomic E-state index is 13.7. The molecule has 28 atom stereocenters. The molecule has 7 N–H and O–H groups in total. The number of aldehydes is 1. The minimum absolute atomic E-state index is 0.0324. The summed E-state index contributed by atoms with van der Waals surface area (Å²) in [5, 5.41) is 82.1. The third-order valence-corrected chi connectivity index (χ3v) is 23.3. The molecular formula is C68H120O21. The van der Waals surface area contributed by atoms with Crippen LogP contribution in [0.1, 0.15) is 200 Å². The van der Waals surface area contributed by atoms with E-state index in [-0.39, 0.29) is 84.1 Å². The van der Waals surface area contributed by atoms with Gasteiger partial charge in [0.2, 0.25) is 6.29 Å². The van der Waals surface area contributed by atoms with Gasteiger partial charge in [0, 0.05) is 47.7 Å². The van der Waals surface area contributed by atoms with Gasteiger partial charge in [0.1, 0.15) is 49.0 Å². The van der Waals surface area contributed by atoms with Crippen molar-refractivity contribution in [2.75, 3.05) is 28.4 Å². The number of hydrogen-bond acceptors (Lipinski definition) is 21. The molecule has 7 aliphatic rings. The van der Waals surface area contributed by atoms with E-state index in [2.05, 4.69) is 40.7 Å². The number of carbonyl (C=O) groups is 3. The average Bonchev–Trinajstić information content (AvgIpc) is 0.687. The van der Waals surface area contributed by atoms with Crippen LogP contribution in [0.5, 0.6) is 0 Å². The summed E-state index contributed by atoms with van der Waals surface area (Å²) in [6.07, 6.45) is -9.91. The SMILES string of the molecule is CC.CC.CCC(C)C(CC(O)CC(=O)O[C@@H](C[C@@H](O)C[C@@H](O)OC1C(O)C(C)O[C@@H](O[C@H](O)[C@]23CCC(C)(C)CC2C2=CCC4[C@]5(C)CC[C@H](O[C@@H]6O[C@@H](OC=O)[C@H](O)[C@H](OC)[C@@H]6OC)[C@@](C)(C=O)[C@@H]5CC[C@]4(C)[C@]2(C)CC3O)[C@H]1OC)[C@@H](C)CC)OC. The predicted octanol–water partition coefficient (Wildman–Crippen LogP) is 8.08. The summed E-state index contributed by atoms with van der Waals surface area (Å²) in [6.45, 7) is 31.0. The lowest BCUT2D eigenvalue weighted by molar-refractivity contribution is -0.372. The number of hydrogen-bond donors (Lipinski definition) is 7. The summed E-state index contributed by atoms with van der Waals surface area (Å²) in [5.74, 6) is -0.970. The maximum Gasteiger partial charge on any atom is 0.308 e. The molecule has 0 radical (unpaired) electrons. The largest absolute Gasteiger partial charge is 0.462 e. The molecule has 0 bridgehead atoms. The Balaban J connectivity index is 0.00000353. The van der Waals surface area contributed by atoms with E-state index in [9.17, 15) is 50.1 Å². The molecule has 0 aromatic rings. The number of esters is 1. The van der Waals surface area contributed by atoms with Gasteiger partial charge in [-0.15, -0.1) is 0 Å². The lowest BCUT2D eigenvalue weighted by atomic mass is 9.33. The molecule has 2 aliphatic heterocycles. The number of fused-ring (bicyclic) bond motifs is 7. The molecular weight excluding hydrogens is 1150 g/mol. The van der Waals surface area contributed by atoms with Crippen molar-refractivity contribution in [2.24, 2.45) is 62.1 Å². The summed E-state index contributed by atoms with van der Waals surface area (Å²) < 4.78 is 65.6. The van der Waals surface area contributed by atoms with E-state index < -0.39 is 127 Å². The topological polar surface area (TPSA) is 294 Å². The lowest BCUT2D eigenvalue weighted by Crippen LogP contribution is -2.69. The van der Waals surface area contributed by atoms with Crippen LogP contribution in [-0.2, 0) is 66.5 Å². The number of allylic oxidation sites excluding steroid dienone is 2. The zero-order chi connectivity index (χ0) is 66.9. The summed E-state index contributed by atoms with van der Waals surface area (Å²) in [4.78, 5) is 38.3. The molecule has 21 heteroatoms. The van der Waals surface area contributed by atoms with Crippen LogP contribution >= 0.6 is 0 Å². The molecule has 89 heavy (non-hydrogen) atoms. The van der Waals surface area contributed by atoms with Gasteiger partial charge in [0.05, 0.1) is 53.9 Å². The van der Waals surface area contributed by atoms with Gasteiger partial charge >= 0.3 is 5.97 Å². The fourth-order valence-corrected chi connectivity index (χ4v) is 17.5. The van der Waals surface area contributed by atoms with Gasteiger partial charge in [-0.25, -0.2) is 0 Å². The third-order valence-electron chi connectivity index (χ3n) is 23.3. The first-order chi connectivity index (χ1) is 42.0. The average molecular weight is 1270 g/mol. The molecule has 0 aromatic heterocycles. The van der Waals surface area contributed by atoms with Crippen LogP contribution in [0.3, 0.4) is 0 Å². The van der Waals surface area contributed by atoms with Crippen molar-refractivity contribution in [2.45, 2.75) is 311 Å². The van der Waals surface area contributed by atoms with E-state index in [0.717, 1.165) is 19.1 Å². The van der Waals surface area contributed by atoms with Crippen LogP contribution in [0.25, 0.3) is 0 Å². The van der Waals surface area contributed by atoms with Gasteiger partial charge in [0.25, 0.3) is 6.47 Å². The Morgan fingerprint density at radius 3 is 1.89 bits per heavy atom. The third kappa shape index (κ3) is 15.5. The van der Waals surface area contributed by atoms with Crippen molar-refractivity contribution in [1.82, 2.24) is 0 Å². The molecule has 0 aromatic carbocycles. The molecule has 4 saturated carbocycles. The van der Waals surface area contributed by atoms with Gasteiger partial charge in [0.15, 0.2) is 25.2 Å². The van der Waals surface area contributed by atoms with Gasteiger partial charge in [-0.3, -0.25) is 9.59 Å². The molecule has 0 amide bonds. The van der Waals surface area contributed by atoms with Gasteiger partial charge in [-0.1, -0.05) is 121 Å². The first kappa shape index (κ1) is 77.4. The molecule has 7 rings (SSSR count). The number of ether oxygens (including phenoxy) is 11. The summed E-state index contributed by atoms with van der Waals surface area (Å²) in [7, 11) is 5.82. The second-order valence-electron chi connectivity index (χ2n) is 28.4. The highest BCUT2D eigenvalue weighted by Crippen LogP contribution is 2.76. The summed E-state index contributed by atoms with van der Waals surface area (Å²) in [5.41, 5.74) is -2.44. The van der Waals surface area contributed by atoms with Crippen LogP contribution in [0, 0.1) is 62.1 Å². The Kier molecular flexibility index (Phi) is 28.2. The second-order valence-corrected chi connectivity index (χ2v) is 28.4. The number of aliphatic hydroxyl groups excluding tert-OH is 7. The normalized spacial score (nSPS) is 41.7. The number of carbonyl (C=O) groups excluding carboxylic acids is 3. The Morgan fingerprint density at radius 2 is 1.30 bits per heavy atom. The highest BCUT2D eigenvalue weighted by atomic mass is 16.8. The molecule has 0 spiro atoms. The van der Waals surface area contributed by atoms with Gasteiger partial charge in [-0.05, 0) is 116 Å². The van der Waals surface area contributed by atoms with Crippen LogP contribution in [-0.4, -0.2) is 194 Å². The van der Waals surface area contributed by atoms with Crippen molar-refractivity contribution in [3.63, 3.8) is 0 Å². The Labute approximate surface area is 532 Å². The number of methoxy groups -OCH3 is 4. The maximum absolute atomic E-state index is 13.7. The predicted molar refractivity (Wildman–Crippen MR) is 331 cm³/mol.